The minimum atomic E-state index is -3.71. The van der Waals surface area contributed by atoms with Gasteiger partial charge >= 0.3 is 0 Å². The van der Waals surface area contributed by atoms with Crippen LogP contribution in [0.3, 0.4) is 0 Å². The molecule has 0 amide bonds. The molecular formula is C13H16BrN3O3S. The summed E-state index contributed by atoms with van der Waals surface area (Å²) in [5.74, 6) is 0. The van der Waals surface area contributed by atoms with Crippen molar-refractivity contribution in [3.8, 4) is 0 Å². The van der Waals surface area contributed by atoms with Gasteiger partial charge in [0.15, 0.2) is 0 Å². The number of aromatic amines is 1. The van der Waals surface area contributed by atoms with Gasteiger partial charge in [0.1, 0.15) is 4.90 Å². The summed E-state index contributed by atoms with van der Waals surface area (Å²) in [7, 11) is -2.15. The van der Waals surface area contributed by atoms with Crippen molar-refractivity contribution in [2.45, 2.75) is 25.3 Å². The molecule has 0 saturated heterocycles. The number of nitrogens with one attached hydrogen (secondary N) is 2. The Labute approximate surface area is 132 Å². The van der Waals surface area contributed by atoms with Gasteiger partial charge in [-0.25, -0.2) is 8.42 Å². The first kappa shape index (κ1) is 16.0. The molecule has 2 N–H and O–H groups in total. The fourth-order valence-corrected chi connectivity index (χ4v) is 4.02. The number of methoxy groups -OCH3 is 1. The molecule has 1 heterocycles. The van der Waals surface area contributed by atoms with Crippen molar-refractivity contribution in [2.24, 2.45) is 0 Å². The first-order chi connectivity index (χ1) is 9.86. The molecule has 21 heavy (non-hydrogen) atoms. The van der Waals surface area contributed by atoms with Crippen molar-refractivity contribution in [3.63, 3.8) is 0 Å². The maximum absolute atomic E-state index is 12.5. The van der Waals surface area contributed by atoms with Gasteiger partial charge in [0.05, 0.1) is 23.7 Å². The van der Waals surface area contributed by atoms with Crippen LogP contribution in [0.5, 0.6) is 0 Å². The molecule has 1 aromatic heterocycles. The van der Waals surface area contributed by atoms with Crippen molar-refractivity contribution < 1.29 is 13.2 Å². The van der Waals surface area contributed by atoms with Gasteiger partial charge < -0.3 is 4.74 Å². The van der Waals surface area contributed by atoms with Crippen LogP contribution < -0.4 is 4.72 Å². The zero-order valence-corrected chi connectivity index (χ0v) is 14.3. The summed E-state index contributed by atoms with van der Waals surface area (Å²) in [6, 6.07) is 5.29. The first-order valence-corrected chi connectivity index (χ1v) is 8.45. The van der Waals surface area contributed by atoms with Crippen molar-refractivity contribution in [1.82, 2.24) is 10.2 Å². The van der Waals surface area contributed by atoms with Crippen LogP contribution >= 0.6 is 15.9 Å². The second kappa shape index (κ2) is 6.17. The molecule has 0 aliphatic rings. The Balaban J connectivity index is 2.45. The number of benzene rings is 1. The lowest BCUT2D eigenvalue weighted by Gasteiger charge is -2.13. The predicted molar refractivity (Wildman–Crippen MR) is 83.7 cm³/mol. The highest BCUT2D eigenvalue weighted by Crippen LogP contribution is 2.28. The fraction of sp³-hybridized carbons (Fsp3) is 0.308. The first-order valence-electron chi connectivity index (χ1n) is 6.17. The lowest BCUT2D eigenvalue weighted by Crippen LogP contribution is -2.16. The molecule has 0 unspecified atom stereocenters. The number of hydrogen-bond donors (Lipinski definition) is 2. The summed E-state index contributed by atoms with van der Waals surface area (Å²) >= 11 is 3.40. The topological polar surface area (TPSA) is 84.1 Å². The number of sulfonamides is 1. The molecule has 114 valence electrons. The smallest absolute Gasteiger partial charge is 0.265 e. The number of rotatable bonds is 5. The van der Waals surface area contributed by atoms with Gasteiger partial charge in [-0.05, 0) is 26.0 Å². The maximum Gasteiger partial charge on any atom is 0.265 e. The number of nitrogens with zero attached hydrogens (tertiary/aromatic N) is 1. The van der Waals surface area contributed by atoms with E-state index in [-0.39, 0.29) is 4.90 Å². The second-order valence-electron chi connectivity index (χ2n) is 4.57. The van der Waals surface area contributed by atoms with E-state index in [9.17, 15) is 8.42 Å². The SMILES string of the molecule is COCc1c(Br)cccc1NS(=O)(=O)c1c(C)n[nH]c1C. The van der Waals surface area contributed by atoms with E-state index in [0.29, 0.717) is 23.7 Å². The van der Waals surface area contributed by atoms with E-state index < -0.39 is 10.0 Å². The van der Waals surface area contributed by atoms with Crippen molar-refractivity contribution >= 4 is 31.6 Å². The number of hydrogen-bond acceptors (Lipinski definition) is 4. The van der Waals surface area contributed by atoms with E-state index >= 15 is 0 Å². The van der Waals surface area contributed by atoms with E-state index in [1.165, 1.54) is 0 Å². The molecule has 0 fully saturated rings. The molecule has 0 spiro atoms. The van der Waals surface area contributed by atoms with Crippen molar-refractivity contribution in [3.05, 3.63) is 39.6 Å². The zero-order valence-electron chi connectivity index (χ0n) is 11.9. The maximum atomic E-state index is 12.5. The quantitative estimate of drug-likeness (QED) is 0.843. The Bertz CT molecular complexity index is 737. The molecule has 0 saturated carbocycles. The van der Waals surface area contributed by atoms with E-state index in [1.54, 1.807) is 33.1 Å². The lowest BCUT2D eigenvalue weighted by molar-refractivity contribution is 0.185. The average molecular weight is 374 g/mol. The fourth-order valence-electron chi connectivity index (χ4n) is 2.08. The van der Waals surface area contributed by atoms with Crippen LogP contribution in [0.2, 0.25) is 0 Å². The summed E-state index contributed by atoms with van der Waals surface area (Å²) in [5.41, 5.74) is 2.15. The normalized spacial score (nSPS) is 11.6. The Kier molecular flexibility index (Phi) is 4.70. The van der Waals surface area contributed by atoms with Gasteiger partial charge in [0.2, 0.25) is 0 Å². The number of anilines is 1. The third-order valence-corrected chi connectivity index (χ3v) is 5.35. The average Bonchev–Trinajstić information content (AvgIpc) is 2.73. The molecule has 8 heteroatoms. The molecular weight excluding hydrogens is 358 g/mol. The van der Waals surface area contributed by atoms with Gasteiger partial charge in [0, 0.05) is 17.1 Å². The Morgan fingerprint density at radius 3 is 2.67 bits per heavy atom. The monoisotopic (exact) mass is 373 g/mol. The van der Waals surface area contributed by atoms with Crippen LogP contribution in [0.1, 0.15) is 17.0 Å². The van der Waals surface area contributed by atoms with E-state index in [4.69, 9.17) is 4.74 Å². The number of H-pyrrole nitrogens is 1. The highest BCUT2D eigenvalue weighted by molar-refractivity contribution is 9.10. The van der Waals surface area contributed by atoms with Crippen LogP contribution in [0.15, 0.2) is 27.6 Å². The highest BCUT2D eigenvalue weighted by Gasteiger charge is 2.23. The van der Waals surface area contributed by atoms with Crippen LogP contribution in [-0.2, 0) is 21.4 Å². The van der Waals surface area contributed by atoms with Gasteiger partial charge in [0.25, 0.3) is 10.0 Å². The minimum Gasteiger partial charge on any atom is -0.380 e. The zero-order chi connectivity index (χ0) is 15.6. The molecule has 0 atom stereocenters. The van der Waals surface area contributed by atoms with E-state index in [0.717, 1.165) is 10.0 Å². The molecule has 2 aromatic rings. The summed E-state index contributed by atoms with van der Waals surface area (Å²) in [6.45, 7) is 3.61. The molecule has 2 rings (SSSR count). The molecule has 0 aliphatic carbocycles. The minimum absolute atomic E-state index is 0.172. The van der Waals surface area contributed by atoms with Gasteiger partial charge in [-0.2, -0.15) is 5.10 Å². The summed E-state index contributed by atoms with van der Waals surface area (Å²) in [4.78, 5) is 0.172. The van der Waals surface area contributed by atoms with Gasteiger partial charge in [-0.1, -0.05) is 22.0 Å². The van der Waals surface area contributed by atoms with Crippen LogP contribution in [0.25, 0.3) is 0 Å². The third kappa shape index (κ3) is 3.28. The number of halogens is 1. The Morgan fingerprint density at radius 2 is 2.10 bits per heavy atom. The number of ether oxygens (including phenoxy) is 1. The molecule has 0 bridgehead atoms. The van der Waals surface area contributed by atoms with Crippen LogP contribution in [0, 0.1) is 13.8 Å². The van der Waals surface area contributed by atoms with Crippen molar-refractivity contribution in [1.29, 1.82) is 0 Å². The largest absolute Gasteiger partial charge is 0.380 e. The third-order valence-electron chi connectivity index (χ3n) is 2.98. The lowest BCUT2D eigenvalue weighted by atomic mass is 10.2. The number of aryl methyl sites for hydroxylation is 2. The highest BCUT2D eigenvalue weighted by atomic mass is 79.9. The second-order valence-corrected chi connectivity index (χ2v) is 7.04. The van der Waals surface area contributed by atoms with E-state index in [2.05, 4.69) is 30.8 Å². The summed E-state index contributed by atoms with van der Waals surface area (Å²) < 4.78 is 33.6. The summed E-state index contributed by atoms with van der Waals surface area (Å²) in [5, 5.41) is 6.60. The standard InChI is InChI=1S/C13H16BrN3O3S/c1-8-13(9(2)16-15-8)21(18,19)17-12-6-4-5-11(14)10(12)7-20-3/h4-6,17H,7H2,1-3H3,(H,15,16). The van der Waals surface area contributed by atoms with E-state index in [1.807, 2.05) is 6.07 Å². The van der Waals surface area contributed by atoms with Gasteiger partial charge in [-0.15, -0.1) is 0 Å². The van der Waals surface area contributed by atoms with Crippen LogP contribution in [-0.4, -0.2) is 25.7 Å². The molecule has 0 aliphatic heterocycles. The summed E-state index contributed by atoms with van der Waals surface area (Å²) in [6.07, 6.45) is 0. The van der Waals surface area contributed by atoms with Gasteiger partial charge in [-0.3, -0.25) is 9.82 Å². The Morgan fingerprint density at radius 1 is 1.38 bits per heavy atom. The van der Waals surface area contributed by atoms with Crippen LogP contribution in [0.4, 0.5) is 5.69 Å². The molecule has 1 aromatic carbocycles. The Hall–Kier alpha value is -1.38. The molecule has 0 radical (unpaired) electrons. The molecule has 6 nitrogen and oxygen atoms in total. The van der Waals surface area contributed by atoms with Crippen molar-refractivity contribution in [2.75, 3.05) is 11.8 Å². The number of aromatic nitrogens is 2. The predicted octanol–water partition coefficient (Wildman–Crippen LogP) is 2.74.